The van der Waals surface area contributed by atoms with Crippen LogP contribution in [-0.2, 0) is 13.0 Å². The number of aromatic nitrogens is 2. The molecule has 5 heteroatoms. The topological polar surface area (TPSA) is 57.9 Å². The lowest BCUT2D eigenvalue weighted by Gasteiger charge is -2.15. The minimum absolute atomic E-state index is 0.194. The van der Waals surface area contributed by atoms with Gasteiger partial charge in [0.1, 0.15) is 11.6 Å². The third kappa shape index (κ3) is 3.56. The van der Waals surface area contributed by atoms with E-state index in [1.165, 1.54) is 12.1 Å². The van der Waals surface area contributed by atoms with Crippen LogP contribution >= 0.6 is 0 Å². The molecule has 0 aliphatic carbocycles. The van der Waals surface area contributed by atoms with E-state index < -0.39 is 0 Å². The van der Waals surface area contributed by atoms with Crippen molar-refractivity contribution in [3.05, 3.63) is 47.4 Å². The molecule has 0 unspecified atom stereocenters. The third-order valence-electron chi connectivity index (χ3n) is 2.79. The molecule has 18 heavy (non-hydrogen) atoms. The maximum atomic E-state index is 12.7. The van der Waals surface area contributed by atoms with E-state index in [-0.39, 0.29) is 5.82 Å². The molecule has 0 aliphatic rings. The van der Waals surface area contributed by atoms with Crippen LogP contribution in [0.2, 0.25) is 0 Å². The molecular formula is C13H17FN4. The number of nitrogens with zero attached hydrogens (tertiary/aromatic N) is 2. The number of nitrogens with two attached hydrogens (primary N) is 1. The minimum atomic E-state index is -0.194. The van der Waals surface area contributed by atoms with Crippen molar-refractivity contribution in [1.82, 2.24) is 15.1 Å². The summed E-state index contributed by atoms with van der Waals surface area (Å²) in [6.45, 7) is 1.66. The Bertz CT molecular complexity index is 492. The average molecular weight is 248 g/mol. The fraction of sp³-hybridized carbons (Fsp3) is 0.308. The number of nitrogens with one attached hydrogen (secondary N) is 1. The molecule has 0 saturated heterocycles. The van der Waals surface area contributed by atoms with Crippen molar-refractivity contribution in [3.63, 3.8) is 0 Å². The van der Waals surface area contributed by atoms with E-state index in [0.717, 1.165) is 30.8 Å². The molecule has 2 aromatic rings. The first kappa shape index (κ1) is 12.6. The van der Waals surface area contributed by atoms with Gasteiger partial charge in [0.15, 0.2) is 0 Å². The Morgan fingerprint density at radius 2 is 2.06 bits per heavy atom. The summed E-state index contributed by atoms with van der Waals surface area (Å²) >= 11 is 0. The zero-order valence-electron chi connectivity index (χ0n) is 10.4. The molecule has 0 atom stereocenters. The van der Waals surface area contributed by atoms with Crippen LogP contribution in [0.3, 0.4) is 0 Å². The summed E-state index contributed by atoms with van der Waals surface area (Å²) in [5.41, 5.74) is 7.66. The highest BCUT2D eigenvalue weighted by Gasteiger charge is 2.03. The SMILES string of the molecule is CN(CCc1ccc(F)cc1)Cc1cc(N)n[nH]1. The number of hydrogen-bond donors (Lipinski definition) is 2. The van der Waals surface area contributed by atoms with E-state index in [4.69, 9.17) is 5.73 Å². The summed E-state index contributed by atoms with van der Waals surface area (Å²) in [6, 6.07) is 8.44. The van der Waals surface area contributed by atoms with Gasteiger partial charge in [-0.05, 0) is 31.2 Å². The predicted octanol–water partition coefficient (Wildman–Crippen LogP) is 1.81. The number of likely N-dealkylation sites (N-methyl/N-ethyl adjacent to an activating group) is 1. The molecule has 1 aromatic heterocycles. The molecular weight excluding hydrogens is 231 g/mol. The van der Waals surface area contributed by atoms with Crippen LogP contribution < -0.4 is 5.73 Å². The highest BCUT2D eigenvalue weighted by molar-refractivity contribution is 5.28. The molecule has 1 aromatic carbocycles. The smallest absolute Gasteiger partial charge is 0.145 e. The summed E-state index contributed by atoms with van der Waals surface area (Å²) in [7, 11) is 2.03. The van der Waals surface area contributed by atoms with Crippen LogP contribution in [0.5, 0.6) is 0 Å². The van der Waals surface area contributed by atoms with Crippen LogP contribution in [0.15, 0.2) is 30.3 Å². The van der Waals surface area contributed by atoms with Gasteiger partial charge in [-0.1, -0.05) is 12.1 Å². The molecule has 0 radical (unpaired) electrons. The molecule has 0 saturated carbocycles. The second-order valence-electron chi connectivity index (χ2n) is 4.43. The van der Waals surface area contributed by atoms with E-state index in [2.05, 4.69) is 15.1 Å². The van der Waals surface area contributed by atoms with Gasteiger partial charge in [-0.15, -0.1) is 0 Å². The normalized spacial score (nSPS) is 11.1. The Kier molecular flexibility index (Phi) is 3.94. The number of hydrogen-bond acceptors (Lipinski definition) is 3. The molecule has 2 rings (SSSR count). The molecule has 0 spiro atoms. The second kappa shape index (κ2) is 5.64. The van der Waals surface area contributed by atoms with E-state index in [0.29, 0.717) is 5.82 Å². The Morgan fingerprint density at radius 1 is 1.33 bits per heavy atom. The fourth-order valence-electron chi connectivity index (χ4n) is 1.80. The molecule has 0 amide bonds. The molecule has 4 nitrogen and oxygen atoms in total. The van der Waals surface area contributed by atoms with E-state index >= 15 is 0 Å². The Labute approximate surface area is 106 Å². The number of H-pyrrole nitrogens is 1. The maximum absolute atomic E-state index is 12.7. The Balaban J connectivity index is 1.81. The first-order valence-electron chi connectivity index (χ1n) is 5.86. The molecule has 0 bridgehead atoms. The molecule has 0 fully saturated rings. The summed E-state index contributed by atoms with van der Waals surface area (Å²) in [6.07, 6.45) is 0.889. The number of nitrogen functional groups attached to an aromatic ring is 1. The van der Waals surface area contributed by atoms with Crippen molar-refractivity contribution < 1.29 is 4.39 Å². The van der Waals surface area contributed by atoms with Crippen molar-refractivity contribution >= 4 is 5.82 Å². The lowest BCUT2D eigenvalue weighted by atomic mass is 10.1. The summed E-state index contributed by atoms with van der Waals surface area (Å²) in [5, 5.41) is 6.76. The van der Waals surface area contributed by atoms with Gasteiger partial charge >= 0.3 is 0 Å². The average Bonchev–Trinajstić information content (AvgIpc) is 2.74. The van der Waals surface area contributed by atoms with Crippen molar-refractivity contribution in [2.45, 2.75) is 13.0 Å². The number of rotatable bonds is 5. The fourth-order valence-corrected chi connectivity index (χ4v) is 1.80. The predicted molar refractivity (Wildman–Crippen MR) is 69.4 cm³/mol. The van der Waals surface area contributed by atoms with Crippen LogP contribution in [0.25, 0.3) is 0 Å². The highest BCUT2D eigenvalue weighted by atomic mass is 19.1. The Hall–Kier alpha value is -1.88. The van der Waals surface area contributed by atoms with Gasteiger partial charge < -0.3 is 10.6 Å². The van der Waals surface area contributed by atoms with Crippen molar-refractivity contribution in [3.8, 4) is 0 Å². The second-order valence-corrected chi connectivity index (χ2v) is 4.43. The van der Waals surface area contributed by atoms with Crippen molar-refractivity contribution in [1.29, 1.82) is 0 Å². The summed E-state index contributed by atoms with van der Waals surface area (Å²) in [5.74, 6) is 0.317. The van der Waals surface area contributed by atoms with Gasteiger partial charge in [0, 0.05) is 19.2 Å². The van der Waals surface area contributed by atoms with Gasteiger partial charge in [-0.25, -0.2) is 4.39 Å². The molecule has 1 heterocycles. The van der Waals surface area contributed by atoms with Crippen molar-refractivity contribution in [2.75, 3.05) is 19.3 Å². The van der Waals surface area contributed by atoms with Gasteiger partial charge in [0.2, 0.25) is 0 Å². The van der Waals surface area contributed by atoms with Gasteiger partial charge in [-0.3, -0.25) is 5.10 Å². The largest absolute Gasteiger partial charge is 0.382 e. The van der Waals surface area contributed by atoms with Gasteiger partial charge in [0.25, 0.3) is 0 Å². The molecule has 0 aliphatic heterocycles. The van der Waals surface area contributed by atoms with Crippen LogP contribution in [0, 0.1) is 5.82 Å². The maximum Gasteiger partial charge on any atom is 0.145 e. The van der Waals surface area contributed by atoms with E-state index in [9.17, 15) is 4.39 Å². The third-order valence-corrected chi connectivity index (χ3v) is 2.79. The molecule has 96 valence electrons. The standard InChI is InChI=1S/C13H17FN4/c1-18(9-12-8-13(15)17-16-12)7-6-10-2-4-11(14)5-3-10/h2-5,8H,6-7,9H2,1H3,(H3,15,16,17). The van der Waals surface area contributed by atoms with E-state index in [1.807, 2.05) is 25.2 Å². The summed E-state index contributed by atoms with van der Waals surface area (Å²) < 4.78 is 12.7. The number of aromatic amines is 1. The van der Waals surface area contributed by atoms with Crippen LogP contribution in [-0.4, -0.2) is 28.7 Å². The lowest BCUT2D eigenvalue weighted by Crippen LogP contribution is -2.20. The Morgan fingerprint density at radius 3 is 2.67 bits per heavy atom. The minimum Gasteiger partial charge on any atom is -0.382 e. The first-order chi connectivity index (χ1) is 8.63. The molecule has 3 N–H and O–H groups in total. The zero-order valence-corrected chi connectivity index (χ0v) is 10.4. The summed E-state index contributed by atoms with van der Waals surface area (Å²) in [4.78, 5) is 2.16. The number of anilines is 1. The quantitative estimate of drug-likeness (QED) is 0.848. The lowest BCUT2D eigenvalue weighted by molar-refractivity contribution is 0.327. The van der Waals surface area contributed by atoms with Crippen molar-refractivity contribution in [2.24, 2.45) is 0 Å². The highest BCUT2D eigenvalue weighted by Crippen LogP contribution is 2.07. The monoisotopic (exact) mass is 248 g/mol. The number of halogens is 1. The van der Waals surface area contributed by atoms with E-state index in [1.54, 1.807) is 0 Å². The van der Waals surface area contributed by atoms with Crippen LogP contribution in [0.1, 0.15) is 11.3 Å². The van der Waals surface area contributed by atoms with Gasteiger partial charge in [0.05, 0.1) is 5.69 Å². The number of benzene rings is 1. The first-order valence-corrected chi connectivity index (χ1v) is 5.86. The zero-order chi connectivity index (χ0) is 13.0. The van der Waals surface area contributed by atoms with Crippen LogP contribution in [0.4, 0.5) is 10.2 Å². The van der Waals surface area contributed by atoms with Gasteiger partial charge in [-0.2, -0.15) is 5.10 Å².